The number of urea groups is 1. The van der Waals surface area contributed by atoms with Gasteiger partial charge in [-0.15, -0.1) is 0 Å². The van der Waals surface area contributed by atoms with Crippen molar-refractivity contribution in [2.24, 2.45) is 11.3 Å². The molecule has 56 heavy (non-hydrogen) atoms. The predicted octanol–water partition coefficient (Wildman–Crippen LogP) is 4.49. The summed E-state index contributed by atoms with van der Waals surface area (Å²) in [6.45, 7) is 11.5. The first-order valence-electron chi connectivity index (χ1n) is 18.9. The molecule has 0 bridgehead atoms. The topological polar surface area (TPSA) is 177 Å². The quantitative estimate of drug-likeness (QED) is 0.117. The molecule has 1 fully saturated rings. The van der Waals surface area contributed by atoms with E-state index in [1.54, 1.807) is 36.6 Å². The fourth-order valence-electron chi connectivity index (χ4n) is 6.79. The average molecular weight is 778 g/mol. The Balaban J connectivity index is 1.62. The van der Waals surface area contributed by atoms with Crippen LogP contribution >= 0.6 is 0 Å². The lowest BCUT2D eigenvalue weighted by Crippen LogP contribution is -2.60. The van der Waals surface area contributed by atoms with Gasteiger partial charge in [-0.1, -0.05) is 83.5 Å². The predicted molar refractivity (Wildman–Crippen MR) is 209 cm³/mol. The van der Waals surface area contributed by atoms with Gasteiger partial charge in [0.05, 0.1) is 31.5 Å². The third-order valence-corrected chi connectivity index (χ3v) is 9.97. The lowest BCUT2D eigenvalue weighted by atomic mass is 9.86. The highest BCUT2D eigenvalue weighted by Crippen LogP contribution is 2.24. The fourth-order valence-corrected chi connectivity index (χ4v) is 6.79. The minimum atomic E-state index is -1.39. The van der Waals surface area contributed by atoms with Gasteiger partial charge >= 0.3 is 12.1 Å². The van der Waals surface area contributed by atoms with E-state index in [2.05, 4.69) is 21.0 Å². The third kappa shape index (κ3) is 11.9. The molecule has 2 heterocycles. The number of aliphatic hydroxyl groups is 1. The molecule has 4 rings (SSSR count). The molecule has 0 spiro atoms. The number of carbonyl (C=O) groups excluding carboxylic acids is 3. The van der Waals surface area contributed by atoms with Gasteiger partial charge in [-0.05, 0) is 60.1 Å². The van der Waals surface area contributed by atoms with Crippen molar-refractivity contribution in [2.75, 3.05) is 26.7 Å². The number of aliphatic hydroxyl groups excluding tert-OH is 1. The monoisotopic (exact) mass is 777 g/mol. The molecule has 5 amide bonds. The molecule has 0 aliphatic carbocycles. The molecule has 5 N–H and O–H groups in total. The molecule has 0 saturated carbocycles. The summed E-state index contributed by atoms with van der Waals surface area (Å²) in [6.07, 6.45) is -1.91. The van der Waals surface area contributed by atoms with Crippen LogP contribution in [0.15, 0.2) is 66.7 Å². The van der Waals surface area contributed by atoms with Gasteiger partial charge < -0.3 is 35.4 Å². The van der Waals surface area contributed by atoms with Gasteiger partial charge in [0.1, 0.15) is 12.1 Å². The van der Waals surface area contributed by atoms with Gasteiger partial charge in [0.25, 0.3) is 5.91 Å². The molecule has 304 valence electrons. The number of hydrazine groups is 1. The Morgan fingerprint density at radius 3 is 2.32 bits per heavy atom. The average Bonchev–Trinajstić information content (AvgIpc) is 3.48. The molecule has 1 aromatic heterocycles. The van der Waals surface area contributed by atoms with Crippen LogP contribution in [0.4, 0.5) is 14.0 Å². The first-order valence-corrected chi connectivity index (χ1v) is 18.9. The van der Waals surface area contributed by atoms with Crippen molar-refractivity contribution in [1.29, 1.82) is 0 Å². The number of hydrogen-bond donors (Lipinski definition) is 5. The third-order valence-electron chi connectivity index (χ3n) is 9.97. The van der Waals surface area contributed by atoms with E-state index in [-0.39, 0.29) is 37.2 Å². The fraction of sp³-hybridized carbons (Fsp3) is 0.488. The summed E-state index contributed by atoms with van der Waals surface area (Å²) in [7, 11) is 1.34. The zero-order valence-corrected chi connectivity index (χ0v) is 33.3. The highest BCUT2D eigenvalue weighted by atomic mass is 19.1. The van der Waals surface area contributed by atoms with Crippen molar-refractivity contribution < 1.29 is 38.5 Å². The Labute approximate surface area is 328 Å². The second-order valence-corrected chi connectivity index (χ2v) is 15.4. The maximum Gasteiger partial charge on any atom is 0.405 e. The number of methoxy groups -OCH3 is 1. The largest absolute Gasteiger partial charge is 0.494 e. The number of amides is 5. The van der Waals surface area contributed by atoms with E-state index in [9.17, 15) is 33.8 Å². The SMILES string of the molecule is CC[C@H](C)[C@@H](C(=O)N[C@@H](Cc1ccccc1)[C@@H](O)CN(Cc1ccc(OC)c(F)c1)NC(=O)[C@@H](NC(=O)O)C(C)(C)C)N1CCN(Cc2cccc(C)n2)C1=O. The maximum atomic E-state index is 14.8. The van der Waals surface area contributed by atoms with Crippen LogP contribution in [0.5, 0.6) is 5.75 Å². The van der Waals surface area contributed by atoms with Crippen LogP contribution in [0.2, 0.25) is 0 Å². The van der Waals surface area contributed by atoms with Crippen molar-refractivity contribution in [3.63, 3.8) is 0 Å². The number of pyridine rings is 1. The molecular weight excluding hydrogens is 721 g/mol. The van der Waals surface area contributed by atoms with Gasteiger partial charge in [0.2, 0.25) is 5.91 Å². The van der Waals surface area contributed by atoms with Crippen LogP contribution in [-0.2, 0) is 29.1 Å². The number of carbonyl (C=O) groups is 4. The number of nitrogens with one attached hydrogen (secondary N) is 3. The van der Waals surface area contributed by atoms with E-state index in [1.165, 1.54) is 24.3 Å². The molecule has 0 unspecified atom stereocenters. The summed E-state index contributed by atoms with van der Waals surface area (Å²) >= 11 is 0. The first-order chi connectivity index (χ1) is 26.5. The van der Waals surface area contributed by atoms with Gasteiger partial charge in [-0.3, -0.25) is 20.0 Å². The number of aromatic nitrogens is 1. The molecule has 2 aromatic carbocycles. The molecule has 15 heteroatoms. The standard InChI is InChI=1S/C41H56FN7O7/c1-8-26(2)35(49-20-19-47(40(49)55)24-30-16-12-13-27(3)43-30)37(51)44-32(22-28-14-10-9-11-15-28)33(50)25-48(23-29-17-18-34(56-7)31(42)21-29)46-38(52)36(41(4,5)6)45-39(53)54/h9-18,21,26,32-33,35-36,45,50H,8,19-20,22-25H2,1-7H3,(H,44,51)(H,46,52)(H,53,54)/t26-,32-,33-,35-,36+/m0/s1. The Morgan fingerprint density at radius 2 is 1.71 bits per heavy atom. The Kier molecular flexibility index (Phi) is 15.2. The van der Waals surface area contributed by atoms with E-state index in [0.29, 0.717) is 31.6 Å². The van der Waals surface area contributed by atoms with E-state index in [4.69, 9.17) is 4.74 Å². The van der Waals surface area contributed by atoms with Crippen LogP contribution in [0.25, 0.3) is 0 Å². The Bertz CT molecular complexity index is 1810. The van der Waals surface area contributed by atoms with E-state index in [1.807, 2.05) is 69.3 Å². The van der Waals surface area contributed by atoms with Crippen molar-refractivity contribution >= 4 is 23.9 Å². The van der Waals surface area contributed by atoms with Crippen LogP contribution in [0.1, 0.15) is 63.6 Å². The molecule has 1 aliphatic heterocycles. The summed E-state index contributed by atoms with van der Waals surface area (Å²) in [5, 5.41) is 28.2. The molecule has 0 radical (unpaired) electrons. The van der Waals surface area contributed by atoms with E-state index >= 15 is 0 Å². The molecule has 1 saturated heterocycles. The number of ether oxygens (including phenoxy) is 1. The molecule has 14 nitrogen and oxygen atoms in total. The maximum absolute atomic E-state index is 14.8. The number of rotatable bonds is 18. The van der Waals surface area contributed by atoms with Crippen LogP contribution in [-0.4, -0.2) is 105 Å². The summed E-state index contributed by atoms with van der Waals surface area (Å²) in [4.78, 5) is 61.4. The molecule has 5 atom stereocenters. The number of carboxylic acid groups (broad SMARTS) is 1. The van der Waals surface area contributed by atoms with Crippen molar-refractivity contribution in [3.8, 4) is 5.75 Å². The summed E-state index contributed by atoms with van der Waals surface area (Å²) in [5.41, 5.74) is 4.72. The second kappa shape index (κ2) is 19.5. The number of halogens is 1. The van der Waals surface area contributed by atoms with Crippen molar-refractivity contribution in [3.05, 3.63) is 95.1 Å². The lowest BCUT2D eigenvalue weighted by molar-refractivity contribution is -0.132. The normalized spacial score (nSPS) is 15.9. The van der Waals surface area contributed by atoms with Crippen LogP contribution in [0.3, 0.4) is 0 Å². The minimum Gasteiger partial charge on any atom is -0.494 e. The highest BCUT2D eigenvalue weighted by Gasteiger charge is 2.41. The number of benzene rings is 2. The zero-order chi connectivity index (χ0) is 41.2. The number of aryl methyl sites for hydroxylation is 1. The number of nitrogens with zero attached hydrogens (tertiary/aromatic N) is 4. The Hall–Kier alpha value is -5.28. The number of hydrogen-bond acceptors (Lipinski definition) is 8. The van der Waals surface area contributed by atoms with Crippen LogP contribution < -0.4 is 20.8 Å². The molecule has 1 aliphatic rings. The van der Waals surface area contributed by atoms with Crippen molar-refractivity contribution in [2.45, 2.75) is 91.7 Å². The Morgan fingerprint density at radius 1 is 1.00 bits per heavy atom. The van der Waals surface area contributed by atoms with Crippen LogP contribution in [0, 0.1) is 24.1 Å². The summed E-state index contributed by atoms with van der Waals surface area (Å²) < 4.78 is 19.9. The van der Waals surface area contributed by atoms with Gasteiger partial charge in [0, 0.05) is 31.9 Å². The highest BCUT2D eigenvalue weighted by molar-refractivity contribution is 5.88. The summed E-state index contributed by atoms with van der Waals surface area (Å²) in [5.74, 6) is -1.97. The smallest absolute Gasteiger partial charge is 0.405 e. The second-order valence-electron chi connectivity index (χ2n) is 15.4. The van der Waals surface area contributed by atoms with Crippen molar-refractivity contribution in [1.82, 2.24) is 35.9 Å². The zero-order valence-electron chi connectivity index (χ0n) is 33.3. The van der Waals surface area contributed by atoms with Gasteiger partial charge in [-0.2, -0.15) is 0 Å². The van der Waals surface area contributed by atoms with E-state index in [0.717, 1.165) is 17.0 Å². The molecular formula is C41H56FN7O7. The molecule has 3 aromatic rings. The summed E-state index contributed by atoms with van der Waals surface area (Å²) in [6, 6.07) is 16.0. The first kappa shape index (κ1) is 43.4. The lowest BCUT2D eigenvalue weighted by Gasteiger charge is -2.36. The van der Waals surface area contributed by atoms with Gasteiger partial charge in [-0.25, -0.2) is 19.0 Å². The van der Waals surface area contributed by atoms with E-state index < -0.39 is 53.4 Å². The minimum absolute atomic E-state index is 0.0239. The van der Waals surface area contributed by atoms with Gasteiger partial charge in [0.15, 0.2) is 11.6 Å².